The molecular formula is C27H22O6. The smallest absolute Gasteiger partial charge is 0.338 e. The molecule has 0 bridgehead atoms. The van der Waals surface area contributed by atoms with Gasteiger partial charge in [0.25, 0.3) is 0 Å². The number of esters is 1. The number of phenols is 1. The van der Waals surface area contributed by atoms with Crippen molar-refractivity contribution in [1.29, 1.82) is 0 Å². The molecule has 0 radical (unpaired) electrons. The summed E-state index contributed by atoms with van der Waals surface area (Å²) in [7, 11) is 1.58. The molecule has 0 unspecified atom stereocenters. The van der Waals surface area contributed by atoms with E-state index in [1.165, 1.54) is 12.1 Å². The number of fused-ring (bicyclic) bond motifs is 1. The fraction of sp³-hybridized carbons (Fsp3) is 0.111. The number of aromatic hydroxyl groups is 1. The molecule has 0 aromatic heterocycles. The van der Waals surface area contributed by atoms with E-state index in [0.717, 1.165) is 16.5 Å². The van der Waals surface area contributed by atoms with Crippen molar-refractivity contribution < 1.29 is 29.3 Å². The minimum absolute atomic E-state index is 0.0808. The third-order valence-electron chi connectivity index (χ3n) is 5.41. The average molecular weight is 442 g/mol. The minimum Gasteiger partial charge on any atom is -0.507 e. The summed E-state index contributed by atoms with van der Waals surface area (Å²) in [6.07, 6.45) is 0.423. The third kappa shape index (κ3) is 4.96. The molecular weight excluding hydrogens is 420 g/mol. The molecule has 0 aliphatic rings. The van der Waals surface area contributed by atoms with Crippen LogP contribution >= 0.6 is 0 Å². The lowest BCUT2D eigenvalue weighted by Gasteiger charge is -2.11. The lowest BCUT2D eigenvalue weighted by Crippen LogP contribution is -2.05. The van der Waals surface area contributed by atoms with Gasteiger partial charge in [0, 0.05) is 11.8 Å². The molecule has 166 valence electrons. The predicted molar refractivity (Wildman–Crippen MR) is 124 cm³/mol. The largest absolute Gasteiger partial charge is 0.507 e. The first kappa shape index (κ1) is 21.9. The standard InChI is InChI=1S/C27H22O6/c1-32-23-4-2-3-18(14-23)16-33-27(31)22-12-10-19-9-11-21(25(28)24(19)15-22)13-17-5-7-20(8-6-17)26(29)30/h2-12,14-15,28H,13,16H2,1H3,(H,29,30). The number of rotatable bonds is 7. The molecule has 4 aromatic carbocycles. The van der Waals surface area contributed by atoms with Gasteiger partial charge >= 0.3 is 11.9 Å². The molecule has 0 saturated carbocycles. The van der Waals surface area contributed by atoms with Gasteiger partial charge in [-0.3, -0.25) is 0 Å². The topological polar surface area (TPSA) is 93.1 Å². The van der Waals surface area contributed by atoms with Crippen molar-refractivity contribution in [3.05, 3.63) is 107 Å². The maximum Gasteiger partial charge on any atom is 0.338 e. The first-order valence-electron chi connectivity index (χ1n) is 10.3. The Morgan fingerprint density at radius 3 is 2.30 bits per heavy atom. The summed E-state index contributed by atoms with van der Waals surface area (Å²) < 4.78 is 10.6. The van der Waals surface area contributed by atoms with Crippen LogP contribution in [0.3, 0.4) is 0 Å². The van der Waals surface area contributed by atoms with Gasteiger partial charge in [-0.25, -0.2) is 9.59 Å². The van der Waals surface area contributed by atoms with Crippen LogP contribution in [-0.2, 0) is 17.8 Å². The molecule has 0 saturated heterocycles. The Kier molecular flexibility index (Phi) is 6.26. The Hall–Kier alpha value is -4.32. The van der Waals surface area contributed by atoms with Gasteiger partial charge < -0.3 is 19.7 Å². The second-order valence-electron chi connectivity index (χ2n) is 7.62. The molecule has 0 aliphatic heterocycles. The van der Waals surface area contributed by atoms with Crippen molar-refractivity contribution in [3.8, 4) is 11.5 Å². The zero-order valence-electron chi connectivity index (χ0n) is 17.9. The lowest BCUT2D eigenvalue weighted by atomic mass is 9.98. The van der Waals surface area contributed by atoms with E-state index < -0.39 is 11.9 Å². The van der Waals surface area contributed by atoms with Gasteiger partial charge in [0.1, 0.15) is 18.1 Å². The van der Waals surface area contributed by atoms with Gasteiger partial charge in [-0.2, -0.15) is 0 Å². The number of carbonyl (C=O) groups excluding carboxylic acids is 1. The Balaban J connectivity index is 1.54. The molecule has 0 spiro atoms. The van der Waals surface area contributed by atoms with Crippen molar-refractivity contribution in [2.75, 3.05) is 7.11 Å². The summed E-state index contributed by atoms with van der Waals surface area (Å²) in [6.45, 7) is 0.104. The molecule has 6 heteroatoms. The lowest BCUT2D eigenvalue weighted by molar-refractivity contribution is 0.0472. The van der Waals surface area contributed by atoms with Crippen LogP contribution in [0.1, 0.15) is 37.4 Å². The Bertz CT molecular complexity index is 1320. The van der Waals surface area contributed by atoms with Gasteiger partial charge in [-0.15, -0.1) is 0 Å². The summed E-state index contributed by atoms with van der Waals surface area (Å²) >= 11 is 0. The Morgan fingerprint density at radius 2 is 1.58 bits per heavy atom. The number of methoxy groups -OCH3 is 1. The molecule has 0 atom stereocenters. The highest BCUT2D eigenvalue weighted by molar-refractivity contribution is 5.98. The summed E-state index contributed by atoms with van der Waals surface area (Å²) in [5.74, 6) is -0.712. The van der Waals surface area contributed by atoms with Crippen LogP contribution in [0.5, 0.6) is 11.5 Å². The number of phenolic OH excluding ortho intramolecular Hbond substituents is 1. The highest BCUT2D eigenvalue weighted by atomic mass is 16.5. The van der Waals surface area contributed by atoms with Gasteiger partial charge in [-0.05, 0) is 58.5 Å². The fourth-order valence-corrected chi connectivity index (χ4v) is 3.60. The molecule has 33 heavy (non-hydrogen) atoms. The Labute approximate surface area is 190 Å². The normalized spacial score (nSPS) is 10.7. The Morgan fingerprint density at radius 1 is 0.848 bits per heavy atom. The summed E-state index contributed by atoms with van der Waals surface area (Å²) in [5, 5.41) is 21.2. The highest BCUT2D eigenvalue weighted by Crippen LogP contribution is 2.31. The van der Waals surface area contributed by atoms with Gasteiger partial charge in [-0.1, -0.05) is 42.5 Å². The van der Waals surface area contributed by atoms with E-state index in [4.69, 9.17) is 14.6 Å². The van der Waals surface area contributed by atoms with Crippen molar-refractivity contribution in [3.63, 3.8) is 0 Å². The number of hydrogen-bond donors (Lipinski definition) is 2. The molecule has 2 N–H and O–H groups in total. The van der Waals surface area contributed by atoms with E-state index in [-0.39, 0.29) is 17.9 Å². The molecule has 0 amide bonds. The van der Waals surface area contributed by atoms with E-state index in [1.807, 2.05) is 30.3 Å². The van der Waals surface area contributed by atoms with E-state index in [1.54, 1.807) is 43.5 Å². The molecule has 0 aliphatic carbocycles. The fourth-order valence-electron chi connectivity index (χ4n) is 3.60. The second-order valence-corrected chi connectivity index (χ2v) is 7.62. The number of carboxylic acids is 1. The number of carbonyl (C=O) groups is 2. The van der Waals surface area contributed by atoms with Gasteiger partial charge in [0.2, 0.25) is 0 Å². The summed E-state index contributed by atoms with van der Waals surface area (Å²) in [6, 6.07) is 22.6. The van der Waals surface area contributed by atoms with Crippen LogP contribution in [0.25, 0.3) is 10.8 Å². The molecule has 4 rings (SSSR count). The number of carboxylic acid groups (broad SMARTS) is 1. The van der Waals surface area contributed by atoms with E-state index >= 15 is 0 Å². The number of hydrogen-bond acceptors (Lipinski definition) is 5. The molecule has 6 nitrogen and oxygen atoms in total. The third-order valence-corrected chi connectivity index (χ3v) is 5.41. The number of aromatic carboxylic acids is 1. The summed E-state index contributed by atoms with van der Waals surface area (Å²) in [5.41, 5.74) is 2.89. The molecule has 0 heterocycles. The van der Waals surface area contributed by atoms with Gasteiger partial charge in [0.05, 0.1) is 18.2 Å². The van der Waals surface area contributed by atoms with Crippen LogP contribution in [0.15, 0.2) is 78.9 Å². The maximum absolute atomic E-state index is 12.6. The first-order valence-corrected chi connectivity index (χ1v) is 10.3. The van der Waals surface area contributed by atoms with Crippen LogP contribution in [-0.4, -0.2) is 29.3 Å². The second kappa shape index (κ2) is 9.44. The van der Waals surface area contributed by atoms with E-state index in [9.17, 15) is 14.7 Å². The minimum atomic E-state index is -0.985. The van der Waals surface area contributed by atoms with Crippen LogP contribution < -0.4 is 4.74 Å². The SMILES string of the molecule is COc1cccc(COC(=O)c2ccc3ccc(Cc4ccc(C(=O)O)cc4)c(O)c3c2)c1. The molecule has 4 aromatic rings. The van der Waals surface area contributed by atoms with Crippen molar-refractivity contribution in [2.24, 2.45) is 0 Å². The van der Waals surface area contributed by atoms with E-state index in [0.29, 0.717) is 28.7 Å². The van der Waals surface area contributed by atoms with E-state index in [2.05, 4.69) is 0 Å². The van der Waals surface area contributed by atoms with Crippen molar-refractivity contribution in [1.82, 2.24) is 0 Å². The number of benzene rings is 4. The van der Waals surface area contributed by atoms with Crippen molar-refractivity contribution >= 4 is 22.7 Å². The van der Waals surface area contributed by atoms with Crippen LogP contribution in [0, 0.1) is 0 Å². The van der Waals surface area contributed by atoms with Crippen LogP contribution in [0.4, 0.5) is 0 Å². The predicted octanol–water partition coefficient (Wildman–Crippen LogP) is 5.20. The monoisotopic (exact) mass is 442 g/mol. The van der Waals surface area contributed by atoms with Gasteiger partial charge in [0.15, 0.2) is 0 Å². The first-order chi connectivity index (χ1) is 15.9. The maximum atomic E-state index is 12.6. The number of ether oxygens (including phenoxy) is 2. The quantitative estimate of drug-likeness (QED) is 0.382. The zero-order valence-corrected chi connectivity index (χ0v) is 17.9. The summed E-state index contributed by atoms with van der Waals surface area (Å²) in [4.78, 5) is 23.6. The van der Waals surface area contributed by atoms with Crippen molar-refractivity contribution in [2.45, 2.75) is 13.0 Å². The zero-order chi connectivity index (χ0) is 23.4. The highest BCUT2D eigenvalue weighted by Gasteiger charge is 2.13. The average Bonchev–Trinajstić information content (AvgIpc) is 2.84. The van der Waals surface area contributed by atoms with Crippen LogP contribution in [0.2, 0.25) is 0 Å². The molecule has 0 fully saturated rings.